The second kappa shape index (κ2) is 7.66. The van der Waals surface area contributed by atoms with Crippen LogP contribution >= 0.6 is 0 Å². The first-order chi connectivity index (χ1) is 12.3. The van der Waals surface area contributed by atoms with E-state index in [1.165, 1.54) is 30.8 Å². The number of ether oxygens (including phenoxy) is 1. The summed E-state index contributed by atoms with van der Waals surface area (Å²) in [7, 11) is 1.98. The van der Waals surface area contributed by atoms with Crippen LogP contribution in [-0.2, 0) is 31.2 Å². The molecule has 1 N–H and O–H groups in total. The number of aromatic nitrogens is 5. The topological polar surface area (TPSA) is 69.8 Å². The summed E-state index contributed by atoms with van der Waals surface area (Å²) in [4.78, 5) is 0. The molecule has 0 saturated carbocycles. The molecule has 2 aromatic heterocycles. The molecule has 25 heavy (non-hydrogen) atoms. The minimum Gasteiger partial charge on any atom is -0.372 e. The smallest absolute Gasteiger partial charge is 0.134 e. The third-order valence-corrected chi connectivity index (χ3v) is 5.48. The van der Waals surface area contributed by atoms with Crippen LogP contribution in [0, 0.1) is 5.92 Å². The van der Waals surface area contributed by atoms with E-state index in [1.54, 1.807) is 0 Å². The van der Waals surface area contributed by atoms with Gasteiger partial charge in [0.15, 0.2) is 0 Å². The Bertz CT molecular complexity index is 694. The van der Waals surface area contributed by atoms with Gasteiger partial charge in [-0.15, -0.1) is 10.2 Å². The Morgan fingerprint density at radius 1 is 1.28 bits per heavy atom. The molecule has 0 amide bonds. The summed E-state index contributed by atoms with van der Waals surface area (Å²) in [5.74, 6) is 2.81. The van der Waals surface area contributed by atoms with Crippen molar-refractivity contribution in [2.24, 2.45) is 13.0 Å². The summed E-state index contributed by atoms with van der Waals surface area (Å²) < 4.78 is 10.2. The maximum atomic E-state index is 5.95. The maximum Gasteiger partial charge on any atom is 0.134 e. The lowest BCUT2D eigenvalue weighted by molar-refractivity contribution is 0.0839. The van der Waals surface area contributed by atoms with Gasteiger partial charge in [0, 0.05) is 58.2 Å². The molecule has 0 unspecified atom stereocenters. The van der Waals surface area contributed by atoms with Crippen molar-refractivity contribution in [2.45, 2.75) is 51.2 Å². The highest BCUT2D eigenvalue weighted by molar-refractivity contribution is 5.07. The summed E-state index contributed by atoms with van der Waals surface area (Å²) in [5.41, 5.74) is 1.17. The van der Waals surface area contributed by atoms with Crippen molar-refractivity contribution in [3.8, 4) is 0 Å². The van der Waals surface area contributed by atoms with Crippen LogP contribution in [-0.4, -0.2) is 44.2 Å². The Morgan fingerprint density at radius 2 is 2.24 bits per heavy atom. The summed E-state index contributed by atoms with van der Waals surface area (Å²) in [6.45, 7) is 3.82. The normalized spacial score (nSPS) is 23.6. The molecule has 136 valence electrons. The van der Waals surface area contributed by atoms with Gasteiger partial charge in [-0.1, -0.05) is 6.42 Å². The van der Waals surface area contributed by atoms with Crippen molar-refractivity contribution in [2.75, 3.05) is 19.7 Å². The first-order valence-electron chi connectivity index (χ1n) is 9.54. The Morgan fingerprint density at radius 3 is 3.12 bits per heavy atom. The quantitative estimate of drug-likeness (QED) is 0.807. The van der Waals surface area contributed by atoms with Crippen molar-refractivity contribution in [3.05, 3.63) is 29.6 Å². The van der Waals surface area contributed by atoms with Gasteiger partial charge in [0.2, 0.25) is 0 Å². The number of nitrogens with zero attached hydrogens (tertiary/aromatic N) is 5. The Balaban J connectivity index is 1.28. The van der Waals surface area contributed by atoms with E-state index in [4.69, 9.17) is 4.74 Å². The molecule has 7 nitrogen and oxygen atoms in total. The second-order valence-electron chi connectivity index (χ2n) is 7.17. The van der Waals surface area contributed by atoms with Crippen molar-refractivity contribution in [3.63, 3.8) is 0 Å². The number of fused-ring (bicyclic) bond motifs is 1. The highest BCUT2D eigenvalue weighted by Gasteiger charge is 2.31. The Labute approximate surface area is 148 Å². The SMILES string of the molecule is Cn1nccc1[C@@H]1OCC[C@H]1CNCCc1nnc2n1CCCCC2. The van der Waals surface area contributed by atoms with E-state index in [2.05, 4.69) is 31.2 Å². The zero-order valence-corrected chi connectivity index (χ0v) is 15.0. The molecule has 0 aromatic carbocycles. The van der Waals surface area contributed by atoms with Crippen LogP contribution in [0.5, 0.6) is 0 Å². The number of hydrogen-bond donors (Lipinski definition) is 1. The lowest BCUT2D eigenvalue weighted by Gasteiger charge is -2.19. The largest absolute Gasteiger partial charge is 0.372 e. The van der Waals surface area contributed by atoms with Gasteiger partial charge in [0.1, 0.15) is 17.8 Å². The molecule has 0 radical (unpaired) electrons. The van der Waals surface area contributed by atoms with Gasteiger partial charge in [0.05, 0.1) is 5.69 Å². The Hall–Kier alpha value is -1.73. The first-order valence-corrected chi connectivity index (χ1v) is 9.54. The molecule has 2 aliphatic rings. The van der Waals surface area contributed by atoms with Crippen molar-refractivity contribution >= 4 is 0 Å². The van der Waals surface area contributed by atoms with Gasteiger partial charge in [-0.05, 0) is 25.3 Å². The van der Waals surface area contributed by atoms with Gasteiger partial charge in [-0.3, -0.25) is 4.68 Å². The fourth-order valence-corrected chi connectivity index (χ4v) is 4.05. The number of rotatable bonds is 6. The fourth-order valence-electron chi connectivity index (χ4n) is 4.05. The third-order valence-electron chi connectivity index (χ3n) is 5.48. The Kier molecular flexibility index (Phi) is 5.12. The highest BCUT2D eigenvalue weighted by Crippen LogP contribution is 2.33. The van der Waals surface area contributed by atoms with Crippen LogP contribution in [0.4, 0.5) is 0 Å². The molecule has 0 aliphatic carbocycles. The van der Waals surface area contributed by atoms with Crippen molar-refractivity contribution in [1.29, 1.82) is 0 Å². The predicted molar refractivity (Wildman–Crippen MR) is 94.2 cm³/mol. The summed E-state index contributed by atoms with van der Waals surface area (Å²) in [5, 5.41) is 16.7. The molecule has 4 rings (SSSR count). The molecule has 2 aliphatic heterocycles. The highest BCUT2D eigenvalue weighted by atomic mass is 16.5. The standard InChI is InChI=1S/C18H28N6O/c1-23-15(6-10-20-23)18-14(8-12-25-18)13-19-9-7-17-22-21-16-5-3-2-4-11-24(16)17/h6,10,14,18-19H,2-5,7-9,11-13H2,1H3/t14-,18+/m0/s1. The summed E-state index contributed by atoms with van der Waals surface area (Å²) in [6.07, 6.45) is 8.91. The molecule has 4 heterocycles. The van der Waals surface area contributed by atoms with Crippen LogP contribution in [0.3, 0.4) is 0 Å². The first kappa shape index (κ1) is 16.7. The number of nitrogens with one attached hydrogen (secondary N) is 1. The van der Waals surface area contributed by atoms with Crippen LogP contribution in [0.1, 0.15) is 49.1 Å². The lowest BCUT2D eigenvalue weighted by atomic mass is 9.99. The van der Waals surface area contributed by atoms with Gasteiger partial charge in [0.25, 0.3) is 0 Å². The predicted octanol–water partition coefficient (Wildman–Crippen LogP) is 1.65. The minimum absolute atomic E-state index is 0.157. The van der Waals surface area contributed by atoms with Crippen molar-refractivity contribution in [1.82, 2.24) is 29.9 Å². The molecule has 1 fully saturated rings. The monoisotopic (exact) mass is 344 g/mol. The van der Waals surface area contributed by atoms with E-state index < -0.39 is 0 Å². The fraction of sp³-hybridized carbons (Fsp3) is 0.722. The van der Waals surface area contributed by atoms with Gasteiger partial charge in [-0.25, -0.2) is 0 Å². The van der Waals surface area contributed by atoms with Crippen LogP contribution < -0.4 is 5.32 Å². The average Bonchev–Trinajstić information content (AvgIpc) is 3.29. The molecule has 0 spiro atoms. The molecule has 2 aromatic rings. The lowest BCUT2D eigenvalue weighted by Crippen LogP contribution is -2.28. The van der Waals surface area contributed by atoms with E-state index in [0.717, 1.165) is 51.3 Å². The van der Waals surface area contributed by atoms with Crippen LogP contribution in [0.25, 0.3) is 0 Å². The molecule has 0 bridgehead atoms. The average molecular weight is 344 g/mol. The van der Waals surface area contributed by atoms with E-state index >= 15 is 0 Å². The minimum atomic E-state index is 0.157. The molecular weight excluding hydrogens is 316 g/mol. The molecule has 7 heteroatoms. The maximum absolute atomic E-state index is 5.95. The zero-order valence-electron chi connectivity index (χ0n) is 15.0. The summed E-state index contributed by atoms with van der Waals surface area (Å²) in [6, 6.07) is 2.06. The zero-order chi connectivity index (χ0) is 17.1. The summed E-state index contributed by atoms with van der Waals surface area (Å²) >= 11 is 0. The molecule has 2 atom stereocenters. The van der Waals surface area contributed by atoms with Gasteiger partial charge in [-0.2, -0.15) is 5.10 Å². The van der Waals surface area contributed by atoms with Crippen LogP contribution in [0.2, 0.25) is 0 Å². The molecule has 1 saturated heterocycles. The van der Waals surface area contributed by atoms with E-state index in [-0.39, 0.29) is 6.10 Å². The third kappa shape index (κ3) is 3.62. The second-order valence-corrected chi connectivity index (χ2v) is 7.17. The van der Waals surface area contributed by atoms with Gasteiger partial charge >= 0.3 is 0 Å². The molecular formula is C18H28N6O. The number of hydrogen-bond acceptors (Lipinski definition) is 5. The van der Waals surface area contributed by atoms with E-state index in [9.17, 15) is 0 Å². The van der Waals surface area contributed by atoms with E-state index in [1.807, 2.05) is 17.9 Å². The van der Waals surface area contributed by atoms with Crippen molar-refractivity contribution < 1.29 is 4.74 Å². The number of aryl methyl sites for hydroxylation is 2. The van der Waals surface area contributed by atoms with Gasteiger partial charge < -0.3 is 14.6 Å². The van der Waals surface area contributed by atoms with Crippen LogP contribution in [0.15, 0.2) is 12.3 Å². The van der Waals surface area contributed by atoms with E-state index in [0.29, 0.717) is 5.92 Å².